The zero-order chi connectivity index (χ0) is 17.4. The van der Waals surface area contributed by atoms with Gasteiger partial charge in [-0.2, -0.15) is 18.3 Å². The van der Waals surface area contributed by atoms with Crippen LogP contribution >= 0.6 is 15.9 Å². The molecular weight excluding hydrogens is 379 g/mol. The van der Waals surface area contributed by atoms with Crippen molar-refractivity contribution in [2.45, 2.75) is 13.1 Å². The third-order valence-electron chi connectivity index (χ3n) is 3.08. The second-order valence-electron chi connectivity index (χ2n) is 4.79. The number of methoxy groups -OCH3 is 1. The lowest BCUT2D eigenvalue weighted by atomic mass is 10.2. The van der Waals surface area contributed by atoms with Crippen molar-refractivity contribution >= 4 is 27.5 Å². The van der Waals surface area contributed by atoms with E-state index in [1.807, 2.05) is 6.92 Å². The number of aryl methyl sites for hydroxylation is 2. The van der Waals surface area contributed by atoms with E-state index in [1.165, 1.54) is 7.11 Å². The molecule has 5 nitrogen and oxygen atoms in total. The van der Waals surface area contributed by atoms with Crippen LogP contribution in [0.5, 0.6) is 5.75 Å². The van der Waals surface area contributed by atoms with E-state index in [0.717, 1.165) is 12.6 Å². The lowest BCUT2D eigenvalue weighted by Gasteiger charge is -2.10. The largest absolute Gasteiger partial charge is 0.495 e. The molecule has 1 aromatic carbocycles. The molecule has 0 saturated carbocycles. The topological polar surface area (TPSA) is 56.1 Å². The predicted molar refractivity (Wildman–Crippen MR) is 81.6 cm³/mol. The third kappa shape index (κ3) is 3.49. The maximum Gasteiger partial charge on any atom is 0.434 e. The van der Waals surface area contributed by atoms with E-state index in [0.29, 0.717) is 16.1 Å². The van der Waals surface area contributed by atoms with Gasteiger partial charge >= 0.3 is 6.18 Å². The molecule has 0 radical (unpaired) electrons. The van der Waals surface area contributed by atoms with Gasteiger partial charge in [0.15, 0.2) is 11.4 Å². The van der Waals surface area contributed by atoms with Crippen molar-refractivity contribution in [2.75, 3.05) is 12.4 Å². The van der Waals surface area contributed by atoms with E-state index in [2.05, 4.69) is 26.3 Å². The van der Waals surface area contributed by atoms with Gasteiger partial charge in [-0.25, -0.2) is 0 Å². The number of halogens is 4. The summed E-state index contributed by atoms with van der Waals surface area (Å²) in [5.74, 6) is -0.376. The summed E-state index contributed by atoms with van der Waals surface area (Å²) in [6.07, 6.45) is -4.62. The Morgan fingerprint density at radius 3 is 2.57 bits per heavy atom. The van der Waals surface area contributed by atoms with Crippen LogP contribution in [0.2, 0.25) is 0 Å². The molecule has 0 spiro atoms. The van der Waals surface area contributed by atoms with Crippen molar-refractivity contribution in [3.63, 3.8) is 0 Å². The van der Waals surface area contributed by atoms with Crippen LogP contribution in [0.1, 0.15) is 21.7 Å². The van der Waals surface area contributed by atoms with Gasteiger partial charge in [-0.3, -0.25) is 9.48 Å². The zero-order valence-corrected chi connectivity index (χ0v) is 14.0. The number of rotatable bonds is 3. The highest BCUT2D eigenvalue weighted by molar-refractivity contribution is 9.10. The van der Waals surface area contributed by atoms with Gasteiger partial charge in [0.2, 0.25) is 0 Å². The van der Waals surface area contributed by atoms with Gasteiger partial charge in [0, 0.05) is 7.05 Å². The fraction of sp³-hybridized carbons (Fsp3) is 0.286. The molecule has 1 N–H and O–H groups in total. The van der Waals surface area contributed by atoms with Crippen LogP contribution in [-0.2, 0) is 13.2 Å². The van der Waals surface area contributed by atoms with Crippen molar-refractivity contribution < 1.29 is 22.7 Å². The van der Waals surface area contributed by atoms with Crippen molar-refractivity contribution in [3.8, 4) is 5.75 Å². The first kappa shape index (κ1) is 17.3. The van der Waals surface area contributed by atoms with Crippen LogP contribution in [0.4, 0.5) is 18.9 Å². The summed E-state index contributed by atoms with van der Waals surface area (Å²) in [5.41, 5.74) is -0.178. The molecule has 1 aromatic heterocycles. The predicted octanol–water partition coefficient (Wildman–Crippen LogP) is 3.77. The lowest BCUT2D eigenvalue weighted by Crippen LogP contribution is -2.14. The van der Waals surface area contributed by atoms with E-state index in [4.69, 9.17) is 4.74 Å². The number of hydrogen-bond donors (Lipinski definition) is 1. The smallest absolute Gasteiger partial charge is 0.434 e. The molecule has 9 heteroatoms. The average molecular weight is 392 g/mol. The Kier molecular flexibility index (Phi) is 4.69. The minimum Gasteiger partial charge on any atom is -0.495 e. The minimum atomic E-state index is -4.62. The Morgan fingerprint density at radius 1 is 1.39 bits per heavy atom. The Bertz CT molecular complexity index is 756. The fourth-order valence-electron chi connectivity index (χ4n) is 2.05. The number of anilines is 1. The molecule has 1 heterocycles. The second-order valence-corrected chi connectivity index (χ2v) is 5.58. The second kappa shape index (κ2) is 6.23. The normalized spacial score (nSPS) is 11.4. The van der Waals surface area contributed by atoms with Gasteiger partial charge in [-0.15, -0.1) is 0 Å². The number of alkyl halides is 3. The monoisotopic (exact) mass is 391 g/mol. The van der Waals surface area contributed by atoms with Crippen LogP contribution in [0.15, 0.2) is 22.7 Å². The molecule has 0 bridgehead atoms. The first-order chi connectivity index (χ1) is 10.6. The van der Waals surface area contributed by atoms with E-state index in [9.17, 15) is 18.0 Å². The Morgan fingerprint density at radius 2 is 2.04 bits per heavy atom. The highest BCUT2D eigenvalue weighted by Crippen LogP contribution is 2.36. The van der Waals surface area contributed by atoms with Crippen LogP contribution in [0, 0.1) is 6.92 Å². The van der Waals surface area contributed by atoms with Gasteiger partial charge in [-0.05, 0) is 40.5 Å². The molecule has 2 rings (SSSR count). The molecule has 0 aliphatic carbocycles. The quantitative estimate of drug-likeness (QED) is 0.866. The number of hydrogen-bond acceptors (Lipinski definition) is 3. The summed E-state index contributed by atoms with van der Waals surface area (Å²) in [5, 5.41) is 6.16. The number of benzene rings is 1. The third-order valence-corrected chi connectivity index (χ3v) is 3.83. The summed E-state index contributed by atoms with van der Waals surface area (Å²) < 4.78 is 44.2. The number of carbonyl (C=O) groups excluding carboxylic acids is 1. The summed E-state index contributed by atoms with van der Waals surface area (Å²) >= 11 is 2.81. The van der Waals surface area contributed by atoms with Gasteiger partial charge in [0.1, 0.15) is 5.75 Å². The van der Waals surface area contributed by atoms with Gasteiger partial charge in [0.05, 0.1) is 17.3 Å². The van der Waals surface area contributed by atoms with E-state index in [-0.39, 0.29) is 5.69 Å². The van der Waals surface area contributed by atoms with E-state index in [1.54, 1.807) is 18.2 Å². The molecule has 0 unspecified atom stereocenters. The molecular formula is C14H13BrF3N3O2. The number of ether oxygens (including phenoxy) is 1. The SMILES string of the molecule is COc1ccc(C)cc1NC(=O)c1nn(C)c(C(F)(F)F)c1Br. The first-order valence-electron chi connectivity index (χ1n) is 6.40. The summed E-state index contributed by atoms with van der Waals surface area (Å²) in [7, 11) is 2.55. The van der Waals surface area contributed by atoms with E-state index >= 15 is 0 Å². The average Bonchev–Trinajstić information content (AvgIpc) is 2.74. The summed E-state index contributed by atoms with van der Waals surface area (Å²) in [4.78, 5) is 12.3. The van der Waals surface area contributed by atoms with E-state index < -0.39 is 22.3 Å². The van der Waals surface area contributed by atoms with Crippen LogP contribution < -0.4 is 10.1 Å². The first-order valence-corrected chi connectivity index (χ1v) is 7.20. The molecule has 2 aromatic rings. The standard InChI is InChI=1S/C14H13BrF3N3O2/c1-7-4-5-9(23-3)8(6-7)19-13(22)11-10(15)12(14(16,17)18)21(2)20-11/h4-6H,1-3H3,(H,19,22). The Balaban J connectivity index is 2.38. The van der Waals surface area contributed by atoms with Gasteiger partial charge in [0.25, 0.3) is 5.91 Å². The van der Waals surface area contributed by atoms with Crippen LogP contribution in [0.3, 0.4) is 0 Å². The van der Waals surface area contributed by atoms with Crippen molar-refractivity contribution in [1.29, 1.82) is 0 Å². The van der Waals surface area contributed by atoms with Crippen molar-refractivity contribution in [2.24, 2.45) is 7.05 Å². The van der Waals surface area contributed by atoms with Crippen molar-refractivity contribution in [3.05, 3.63) is 39.6 Å². The Hall–Kier alpha value is -2.03. The number of amides is 1. The highest BCUT2D eigenvalue weighted by Gasteiger charge is 2.39. The van der Waals surface area contributed by atoms with Gasteiger partial charge in [-0.1, -0.05) is 6.07 Å². The molecule has 1 amide bonds. The number of aromatic nitrogens is 2. The molecule has 124 valence electrons. The molecule has 23 heavy (non-hydrogen) atoms. The highest BCUT2D eigenvalue weighted by atomic mass is 79.9. The number of nitrogens with one attached hydrogen (secondary N) is 1. The molecule has 0 saturated heterocycles. The van der Waals surface area contributed by atoms with Crippen LogP contribution in [0.25, 0.3) is 0 Å². The number of carbonyl (C=O) groups is 1. The summed E-state index contributed by atoms with van der Waals surface area (Å²) in [6.45, 7) is 1.81. The Labute approximate surface area is 138 Å². The molecule has 0 atom stereocenters. The zero-order valence-electron chi connectivity index (χ0n) is 12.5. The van der Waals surface area contributed by atoms with Gasteiger partial charge < -0.3 is 10.1 Å². The maximum atomic E-state index is 12.9. The number of nitrogens with zero attached hydrogens (tertiary/aromatic N) is 2. The minimum absolute atomic E-state index is 0.351. The lowest BCUT2D eigenvalue weighted by molar-refractivity contribution is -0.144. The molecule has 0 fully saturated rings. The maximum absolute atomic E-state index is 12.9. The molecule has 0 aliphatic rings. The van der Waals surface area contributed by atoms with Crippen LogP contribution in [-0.4, -0.2) is 22.8 Å². The summed E-state index contributed by atoms with van der Waals surface area (Å²) in [6, 6.07) is 5.09. The fourth-order valence-corrected chi connectivity index (χ4v) is 2.79. The molecule has 0 aliphatic heterocycles. The van der Waals surface area contributed by atoms with Crippen molar-refractivity contribution in [1.82, 2.24) is 9.78 Å².